The van der Waals surface area contributed by atoms with Crippen molar-refractivity contribution in [1.82, 2.24) is 9.55 Å². The van der Waals surface area contributed by atoms with Crippen molar-refractivity contribution in [2.45, 2.75) is 26.4 Å². The van der Waals surface area contributed by atoms with Crippen LogP contribution < -0.4 is 10.9 Å². The van der Waals surface area contributed by atoms with Crippen molar-refractivity contribution in [2.24, 2.45) is 0 Å². The van der Waals surface area contributed by atoms with Gasteiger partial charge in [-0.25, -0.2) is 0 Å². The zero-order chi connectivity index (χ0) is 13.7. The summed E-state index contributed by atoms with van der Waals surface area (Å²) >= 11 is 3.39. The van der Waals surface area contributed by atoms with Crippen LogP contribution in [0.25, 0.3) is 0 Å². The monoisotopic (exact) mass is 321 g/mol. The molecule has 0 radical (unpaired) electrons. The van der Waals surface area contributed by atoms with E-state index >= 15 is 0 Å². The van der Waals surface area contributed by atoms with Gasteiger partial charge in [-0.1, -0.05) is 6.92 Å². The van der Waals surface area contributed by atoms with Gasteiger partial charge in [0.2, 0.25) is 0 Å². The number of hydrogen-bond acceptors (Lipinski definition) is 3. The first-order valence-electron chi connectivity index (χ1n) is 6.23. The molecule has 1 N–H and O–H groups in total. The molecule has 100 valence electrons. The summed E-state index contributed by atoms with van der Waals surface area (Å²) in [5.41, 5.74) is 2.06. The van der Waals surface area contributed by atoms with Crippen LogP contribution in [0.4, 0.5) is 5.69 Å². The zero-order valence-corrected chi connectivity index (χ0v) is 12.4. The van der Waals surface area contributed by atoms with Gasteiger partial charge in [-0.15, -0.1) is 0 Å². The Kier molecular flexibility index (Phi) is 4.74. The summed E-state index contributed by atoms with van der Waals surface area (Å²) in [6, 6.07) is 5.42. The van der Waals surface area contributed by atoms with E-state index in [-0.39, 0.29) is 5.56 Å². The molecule has 0 fully saturated rings. The molecule has 0 aliphatic carbocycles. The third-order valence-corrected chi connectivity index (χ3v) is 3.14. The lowest BCUT2D eigenvalue weighted by Gasteiger charge is -2.09. The first kappa shape index (κ1) is 13.8. The number of rotatable bonds is 5. The summed E-state index contributed by atoms with van der Waals surface area (Å²) in [5, 5.41) is 3.29. The predicted molar refractivity (Wildman–Crippen MR) is 80.3 cm³/mol. The topological polar surface area (TPSA) is 46.9 Å². The highest BCUT2D eigenvalue weighted by atomic mass is 79.9. The van der Waals surface area contributed by atoms with Crippen LogP contribution in [0.15, 0.2) is 46.1 Å². The fourth-order valence-electron chi connectivity index (χ4n) is 1.81. The maximum atomic E-state index is 11.6. The summed E-state index contributed by atoms with van der Waals surface area (Å²) in [5.74, 6) is 0. The Morgan fingerprint density at radius 3 is 2.95 bits per heavy atom. The van der Waals surface area contributed by atoms with Crippen LogP contribution in [0.1, 0.15) is 18.9 Å². The van der Waals surface area contributed by atoms with Gasteiger partial charge in [-0.2, -0.15) is 0 Å². The Morgan fingerprint density at radius 1 is 1.37 bits per heavy atom. The molecule has 0 saturated heterocycles. The number of aromatic nitrogens is 2. The summed E-state index contributed by atoms with van der Waals surface area (Å²) in [6.45, 7) is 3.48. The van der Waals surface area contributed by atoms with E-state index in [1.54, 1.807) is 22.9 Å². The molecule has 19 heavy (non-hydrogen) atoms. The lowest BCUT2D eigenvalue weighted by Crippen LogP contribution is -2.18. The number of anilines is 1. The maximum absolute atomic E-state index is 11.6. The number of nitrogens with zero attached hydrogens (tertiary/aromatic N) is 2. The minimum absolute atomic E-state index is 0.0384. The highest BCUT2D eigenvalue weighted by molar-refractivity contribution is 9.10. The minimum atomic E-state index is 0.0384. The molecule has 0 amide bonds. The molecule has 2 rings (SSSR count). The van der Waals surface area contributed by atoms with Crippen LogP contribution in [0.5, 0.6) is 0 Å². The van der Waals surface area contributed by atoms with E-state index in [0.717, 1.165) is 28.7 Å². The predicted octanol–water partition coefficient (Wildman–Crippen LogP) is 3.03. The molecule has 4 nitrogen and oxygen atoms in total. The fourth-order valence-corrected chi connectivity index (χ4v) is 2.22. The minimum Gasteiger partial charge on any atom is -0.380 e. The van der Waals surface area contributed by atoms with Gasteiger partial charge in [0.25, 0.3) is 5.56 Å². The van der Waals surface area contributed by atoms with Crippen molar-refractivity contribution in [3.8, 4) is 0 Å². The Hall–Kier alpha value is -1.62. The van der Waals surface area contributed by atoms with Gasteiger partial charge in [0.05, 0.1) is 5.69 Å². The van der Waals surface area contributed by atoms with E-state index in [0.29, 0.717) is 6.54 Å². The van der Waals surface area contributed by atoms with Gasteiger partial charge >= 0.3 is 0 Å². The molecule has 0 aliphatic heterocycles. The van der Waals surface area contributed by atoms with E-state index in [2.05, 4.69) is 33.2 Å². The molecule has 2 heterocycles. The van der Waals surface area contributed by atoms with E-state index in [4.69, 9.17) is 0 Å². The van der Waals surface area contributed by atoms with Gasteiger partial charge in [0.15, 0.2) is 0 Å². The lowest BCUT2D eigenvalue weighted by atomic mass is 10.3. The summed E-state index contributed by atoms with van der Waals surface area (Å²) in [7, 11) is 0. The average Bonchev–Trinajstić information content (AvgIpc) is 2.40. The number of aryl methyl sites for hydroxylation is 1. The molecule has 2 aromatic heterocycles. The Labute approximate surface area is 120 Å². The van der Waals surface area contributed by atoms with Crippen molar-refractivity contribution >= 4 is 21.6 Å². The van der Waals surface area contributed by atoms with Crippen molar-refractivity contribution in [2.75, 3.05) is 5.32 Å². The molecule has 2 aromatic rings. The zero-order valence-electron chi connectivity index (χ0n) is 10.8. The average molecular weight is 322 g/mol. The van der Waals surface area contributed by atoms with Crippen molar-refractivity contribution in [1.29, 1.82) is 0 Å². The second kappa shape index (κ2) is 6.52. The maximum Gasteiger partial charge on any atom is 0.250 e. The molecule has 0 aliphatic rings. The third kappa shape index (κ3) is 3.92. The highest BCUT2D eigenvalue weighted by Crippen LogP contribution is 2.11. The van der Waals surface area contributed by atoms with Crippen LogP contribution in [-0.2, 0) is 13.1 Å². The van der Waals surface area contributed by atoms with E-state index in [1.165, 1.54) is 0 Å². The molecular formula is C14H16BrN3O. The molecule has 0 bridgehead atoms. The van der Waals surface area contributed by atoms with Crippen molar-refractivity contribution in [3.05, 3.63) is 57.2 Å². The lowest BCUT2D eigenvalue weighted by molar-refractivity contribution is 0.655. The quantitative estimate of drug-likeness (QED) is 0.920. The second-order valence-corrected chi connectivity index (χ2v) is 5.23. The van der Waals surface area contributed by atoms with Gasteiger partial charge in [-0.3, -0.25) is 9.78 Å². The first-order valence-corrected chi connectivity index (χ1v) is 7.02. The van der Waals surface area contributed by atoms with E-state index < -0.39 is 0 Å². The summed E-state index contributed by atoms with van der Waals surface area (Å²) < 4.78 is 2.68. The SMILES string of the molecule is CCCn1cc(NCc2cncc(Br)c2)ccc1=O. The first-order chi connectivity index (χ1) is 9.19. The fraction of sp³-hybridized carbons (Fsp3) is 0.286. The van der Waals surface area contributed by atoms with Gasteiger partial charge < -0.3 is 9.88 Å². The number of hydrogen-bond donors (Lipinski definition) is 1. The largest absolute Gasteiger partial charge is 0.380 e. The van der Waals surface area contributed by atoms with Gasteiger partial charge in [0.1, 0.15) is 0 Å². The molecule has 0 aromatic carbocycles. The normalized spacial score (nSPS) is 10.4. The van der Waals surface area contributed by atoms with Crippen LogP contribution >= 0.6 is 15.9 Å². The standard InChI is InChI=1S/C14H16BrN3O/c1-2-5-18-10-13(3-4-14(18)19)17-8-11-6-12(15)9-16-7-11/h3-4,6-7,9-10,17H,2,5,8H2,1H3. The molecule has 0 spiro atoms. The highest BCUT2D eigenvalue weighted by Gasteiger charge is 1.99. The summed E-state index contributed by atoms with van der Waals surface area (Å²) in [6.07, 6.45) is 6.38. The van der Waals surface area contributed by atoms with Gasteiger partial charge in [0, 0.05) is 42.2 Å². The molecular weight excluding hydrogens is 306 g/mol. The van der Waals surface area contributed by atoms with Crippen molar-refractivity contribution in [3.63, 3.8) is 0 Å². The Morgan fingerprint density at radius 2 is 2.21 bits per heavy atom. The van der Waals surface area contributed by atoms with E-state index in [1.807, 2.05) is 18.5 Å². The smallest absolute Gasteiger partial charge is 0.250 e. The second-order valence-electron chi connectivity index (χ2n) is 4.31. The number of pyridine rings is 2. The Balaban J connectivity index is 2.07. The Bertz CT molecular complexity index is 610. The molecule has 0 saturated carbocycles. The third-order valence-electron chi connectivity index (χ3n) is 2.71. The molecule has 5 heteroatoms. The van der Waals surface area contributed by atoms with Crippen LogP contribution in [-0.4, -0.2) is 9.55 Å². The summed E-state index contributed by atoms with van der Waals surface area (Å²) in [4.78, 5) is 15.7. The number of nitrogens with one attached hydrogen (secondary N) is 1. The van der Waals surface area contributed by atoms with Crippen molar-refractivity contribution < 1.29 is 0 Å². The van der Waals surface area contributed by atoms with Crippen LogP contribution in [0.2, 0.25) is 0 Å². The van der Waals surface area contributed by atoms with E-state index in [9.17, 15) is 4.79 Å². The molecule has 0 atom stereocenters. The van der Waals surface area contributed by atoms with Crippen LogP contribution in [0.3, 0.4) is 0 Å². The molecule has 0 unspecified atom stereocenters. The van der Waals surface area contributed by atoms with Crippen LogP contribution in [0, 0.1) is 0 Å². The number of halogens is 1. The van der Waals surface area contributed by atoms with Gasteiger partial charge in [-0.05, 0) is 40.0 Å².